The van der Waals surface area contributed by atoms with Crippen molar-refractivity contribution < 1.29 is 4.74 Å². The van der Waals surface area contributed by atoms with Gasteiger partial charge in [0, 0.05) is 19.3 Å². The summed E-state index contributed by atoms with van der Waals surface area (Å²) >= 11 is 5.24. The summed E-state index contributed by atoms with van der Waals surface area (Å²) in [5.74, 6) is 0. The lowest BCUT2D eigenvalue weighted by Gasteiger charge is -2.15. The van der Waals surface area contributed by atoms with Gasteiger partial charge in [-0.2, -0.15) is 0 Å². The molecule has 17 heavy (non-hydrogen) atoms. The average molecular weight is 252 g/mol. The summed E-state index contributed by atoms with van der Waals surface area (Å²) < 4.78 is 4.96. The Hall–Kier alpha value is -1.13. The zero-order valence-electron chi connectivity index (χ0n) is 10.7. The second-order valence-corrected chi connectivity index (χ2v) is 4.24. The van der Waals surface area contributed by atoms with Crippen LogP contribution in [0, 0.1) is 6.92 Å². The minimum absolute atomic E-state index is 0.644. The van der Waals surface area contributed by atoms with E-state index < -0.39 is 0 Å². The smallest absolute Gasteiger partial charge is 0.170 e. The van der Waals surface area contributed by atoms with Crippen LogP contribution in [-0.2, 0) is 11.2 Å². The molecule has 0 saturated carbocycles. The van der Waals surface area contributed by atoms with Gasteiger partial charge in [0.1, 0.15) is 0 Å². The van der Waals surface area contributed by atoms with Crippen LogP contribution in [0.25, 0.3) is 0 Å². The molecular weight excluding hydrogens is 232 g/mol. The number of thiocarbonyl (C=S) groups is 1. The van der Waals surface area contributed by atoms with Gasteiger partial charge in [0.15, 0.2) is 5.11 Å². The topological polar surface area (TPSA) is 33.3 Å². The first-order valence-electron chi connectivity index (χ1n) is 5.81. The van der Waals surface area contributed by atoms with E-state index in [2.05, 4.69) is 42.7 Å². The molecule has 3 nitrogen and oxygen atoms in total. The molecule has 94 valence electrons. The van der Waals surface area contributed by atoms with E-state index in [1.54, 1.807) is 7.11 Å². The number of benzene rings is 1. The van der Waals surface area contributed by atoms with Crippen LogP contribution >= 0.6 is 12.2 Å². The molecule has 1 rings (SSSR count). The Morgan fingerprint density at radius 3 is 2.82 bits per heavy atom. The Labute approximate surface area is 109 Å². The number of methoxy groups -OCH3 is 1. The van der Waals surface area contributed by atoms with E-state index in [9.17, 15) is 0 Å². The molecule has 0 amide bonds. The number of rotatable bonds is 5. The van der Waals surface area contributed by atoms with Crippen molar-refractivity contribution in [2.24, 2.45) is 0 Å². The summed E-state index contributed by atoms with van der Waals surface area (Å²) in [5.41, 5.74) is 3.60. The van der Waals surface area contributed by atoms with E-state index in [4.69, 9.17) is 17.0 Å². The number of aryl methyl sites for hydroxylation is 2. The van der Waals surface area contributed by atoms with Crippen LogP contribution in [0.5, 0.6) is 0 Å². The number of hydrogen-bond donors (Lipinski definition) is 2. The molecular formula is C13H20N2OS. The SMILES string of the molecule is CCc1cccc(C)c1NC(=S)NCCOC. The number of hydrogen-bond acceptors (Lipinski definition) is 2. The van der Waals surface area contributed by atoms with Crippen LogP contribution in [0.2, 0.25) is 0 Å². The van der Waals surface area contributed by atoms with Crippen molar-refractivity contribution in [1.29, 1.82) is 0 Å². The van der Waals surface area contributed by atoms with Crippen LogP contribution in [0.4, 0.5) is 5.69 Å². The summed E-state index contributed by atoms with van der Waals surface area (Å²) in [4.78, 5) is 0. The van der Waals surface area contributed by atoms with E-state index in [1.165, 1.54) is 11.1 Å². The van der Waals surface area contributed by atoms with E-state index in [1.807, 2.05) is 0 Å². The maximum absolute atomic E-state index is 5.24. The number of para-hydroxylation sites is 1. The summed E-state index contributed by atoms with van der Waals surface area (Å²) in [6, 6.07) is 6.27. The van der Waals surface area contributed by atoms with E-state index >= 15 is 0 Å². The molecule has 0 fully saturated rings. The van der Waals surface area contributed by atoms with E-state index in [0.717, 1.165) is 18.7 Å². The fourth-order valence-electron chi connectivity index (χ4n) is 1.63. The van der Waals surface area contributed by atoms with Gasteiger partial charge in [-0.1, -0.05) is 25.1 Å². The molecule has 0 aliphatic carbocycles. The molecule has 0 saturated heterocycles. The average Bonchev–Trinajstić information content (AvgIpc) is 2.32. The highest BCUT2D eigenvalue weighted by molar-refractivity contribution is 7.80. The molecule has 4 heteroatoms. The largest absolute Gasteiger partial charge is 0.383 e. The zero-order valence-corrected chi connectivity index (χ0v) is 11.5. The lowest BCUT2D eigenvalue weighted by molar-refractivity contribution is 0.204. The molecule has 0 aliphatic rings. The van der Waals surface area contributed by atoms with Gasteiger partial charge in [0.25, 0.3) is 0 Å². The maximum atomic E-state index is 5.24. The monoisotopic (exact) mass is 252 g/mol. The van der Waals surface area contributed by atoms with Crippen LogP contribution in [0.3, 0.4) is 0 Å². The van der Waals surface area contributed by atoms with Crippen molar-refractivity contribution in [2.45, 2.75) is 20.3 Å². The van der Waals surface area contributed by atoms with E-state index in [0.29, 0.717) is 11.7 Å². The third kappa shape index (κ3) is 4.32. The molecule has 1 aromatic carbocycles. The first-order valence-corrected chi connectivity index (χ1v) is 6.22. The quantitative estimate of drug-likeness (QED) is 0.623. The molecule has 0 aromatic heterocycles. The Morgan fingerprint density at radius 2 is 2.18 bits per heavy atom. The van der Waals surface area contributed by atoms with Crippen molar-refractivity contribution in [3.8, 4) is 0 Å². The standard InChI is InChI=1S/C13H20N2OS/c1-4-11-7-5-6-10(2)12(11)15-13(17)14-8-9-16-3/h5-7H,4,8-9H2,1-3H3,(H2,14,15,17). The van der Waals surface area contributed by atoms with E-state index in [-0.39, 0.29) is 0 Å². The number of nitrogens with one attached hydrogen (secondary N) is 2. The molecule has 0 spiro atoms. The molecule has 2 N–H and O–H groups in total. The normalized spacial score (nSPS) is 10.1. The molecule has 0 unspecified atom stereocenters. The highest BCUT2D eigenvalue weighted by Crippen LogP contribution is 2.20. The molecule has 1 aromatic rings. The Kier molecular flexibility index (Phi) is 5.94. The first kappa shape index (κ1) is 13.9. The van der Waals surface area contributed by atoms with Gasteiger partial charge < -0.3 is 15.4 Å². The highest BCUT2D eigenvalue weighted by atomic mass is 32.1. The van der Waals surface area contributed by atoms with Crippen molar-refractivity contribution >= 4 is 23.0 Å². The molecule has 0 aliphatic heterocycles. The lowest BCUT2D eigenvalue weighted by Crippen LogP contribution is -2.31. The summed E-state index contributed by atoms with van der Waals surface area (Å²) in [6.07, 6.45) is 0.991. The van der Waals surface area contributed by atoms with Gasteiger partial charge in [-0.3, -0.25) is 0 Å². The summed E-state index contributed by atoms with van der Waals surface area (Å²) in [7, 11) is 1.68. The second kappa shape index (κ2) is 7.25. The van der Waals surface area contributed by atoms with Gasteiger partial charge in [-0.05, 0) is 36.7 Å². The minimum atomic E-state index is 0.644. The highest BCUT2D eigenvalue weighted by Gasteiger charge is 2.05. The third-order valence-corrected chi connectivity index (χ3v) is 2.82. The van der Waals surface area contributed by atoms with Crippen LogP contribution in [0.15, 0.2) is 18.2 Å². The predicted molar refractivity (Wildman–Crippen MR) is 76.7 cm³/mol. The van der Waals surface area contributed by atoms with Crippen molar-refractivity contribution in [3.05, 3.63) is 29.3 Å². The van der Waals surface area contributed by atoms with Gasteiger partial charge in [-0.15, -0.1) is 0 Å². The summed E-state index contributed by atoms with van der Waals surface area (Å²) in [5, 5.41) is 7.00. The zero-order chi connectivity index (χ0) is 12.7. The Balaban J connectivity index is 2.64. The van der Waals surface area contributed by atoms with Crippen LogP contribution in [0.1, 0.15) is 18.1 Å². The maximum Gasteiger partial charge on any atom is 0.170 e. The van der Waals surface area contributed by atoms with Gasteiger partial charge in [0.05, 0.1) is 6.61 Å². The first-order chi connectivity index (χ1) is 8.19. The van der Waals surface area contributed by atoms with Gasteiger partial charge >= 0.3 is 0 Å². The number of ether oxygens (including phenoxy) is 1. The van der Waals surface area contributed by atoms with Crippen LogP contribution in [-0.4, -0.2) is 25.4 Å². The summed E-state index contributed by atoms with van der Waals surface area (Å²) in [6.45, 7) is 5.59. The van der Waals surface area contributed by atoms with Crippen molar-refractivity contribution in [2.75, 3.05) is 25.6 Å². The third-order valence-electron chi connectivity index (χ3n) is 2.57. The predicted octanol–water partition coefficient (Wildman–Crippen LogP) is 2.49. The minimum Gasteiger partial charge on any atom is -0.383 e. The Bertz CT molecular complexity index is 380. The van der Waals surface area contributed by atoms with Gasteiger partial charge in [0.2, 0.25) is 0 Å². The molecule has 0 heterocycles. The molecule has 0 radical (unpaired) electrons. The van der Waals surface area contributed by atoms with Gasteiger partial charge in [-0.25, -0.2) is 0 Å². The number of anilines is 1. The fraction of sp³-hybridized carbons (Fsp3) is 0.462. The van der Waals surface area contributed by atoms with Crippen LogP contribution < -0.4 is 10.6 Å². The van der Waals surface area contributed by atoms with Crippen molar-refractivity contribution in [1.82, 2.24) is 5.32 Å². The molecule has 0 atom stereocenters. The fourth-order valence-corrected chi connectivity index (χ4v) is 1.83. The molecule has 0 bridgehead atoms. The lowest BCUT2D eigenvalue weighted by atomic mass is 10.1. The Morgan fingerprint density at radius 1 is 1.41 bits per heavy atom. The second-order valence-electron chi connectivity index (χ2n) is 3.84. The van der Waals surface area contributed by atoms with Crippen molar-refractivity contribution in [3.63, 3.8) is 0 Å².